The first kappa shape index (κ1) is 28.8. The summed E-state index contributed by atoms with van der Waals surface area (Å²) in [6.07, 6.45) is -0.683. The van der Waals surface area contributed by atoms with Gasteiger partial charge in [0.1, 0.15) is 6.61 Å². The minimum absolute atomic E-state index is 0.149. The molecule has 0 spiro atoms. The molecule has 1 amide bonds. The maximum absolute atomic E-state index is 14.0. The van der Waals surface area contributed by atoms with Crippen LogP contribution in [0.15, 0.2) is 47.6 Å². The van der Waals surface area contributed by atoms with Gasteiger partial charge in [-0.3, -0.25) is 9.79 Å². The van der Waals surface area contributed by atoms with Crippen molar-refractivity contribution in [1.82, 2.24) is 9.88 Å². The Morgan fingerprint density at radius 2 is 1.85 bits per heavy atom. The summed E-state index contributed by atoms with van der Waals surface area (Å²) in [6, 6.07) is 6.93. The number of nitrogens with zero attached hydrogens (tertiary/aromatic N) is 3. The highest BCUT2D eigenvalue weighted by atomic mass is 19.4. The van der Waals surface area contributed by atoms with E-state index in [1.807, 2.05) is 39.0 Å². The van der Waals surface area contributed by atoms with E-state index >= 15 is 0 Å². The molecule has 1 aromatic heterocycles. The van der Waals surface area contributed by atoms with Crippen LogP contribution in [-0.4, -0.2) is 48.2 Å². The molecule has 0 saturated heterocycles. The van der Waals surface area contributed by atoms with E-state index in [-0.39, 0.29) is 12.5 Å². The van der Waals surface area contributed by atoms with E-state index in [0.29, 0.717) is 29.9 Å². The van der Waals surface area contributed by atoms with Crippen LogP contribution in [0.1, 0.15) is 56.1 Å². The molecule has 0 fully saturated rings. The number of hydrogen-bond donors (Lipinski definition) is 0. The number of carbonyl (C=O) groups excluding carboxylic acids is 1. The molecule has 2 rings (SSSR count). The number of pyridine rings is 1. The van der Waals surface area contributed by atoms with Crippen LogP contribution in [0.2, 0.25) is 0 Å². The van der Waals surface area contributed by atoms with Gasteiger partial charge in [0.25, 0.3) is 5.91 Å². The lowest BCUT2D eigenvalue weighted by atomic mass is 9.98. The SMILES string of the molecule is C/C=C(\C=NC)c1ccccc1C(=O)N(CC)C(C)COc1ncc(C(F)(F)F)cc1F.CC. The lowest BCUT2D eigenvalue weighted by Crippen LogP contribution is -2.42. The molecule has 0 aliphatic carbocycles. The maximum Gasteiger partial charge on any atom is 0.417 e. The van der Waals surface area contributed by atoms with Gasteiger partial charge in [0, 0.05) is 31.6 Å². The number of carbonyl (C=O) groups is 1. The average molecular weight is 482 g/mol. The molecule has 2 aromatic rings. The van der Waals surface area contributed by atoms with Gasteiger partial charge in [-0.25, -0.2) is 9.37 Å². The quantitative estimate of drug-likeness (QED) is 0.328. The molecule has 1 atom stereocenters. The highest BCUT2D eigenvalue weighted by Gasteiger charge is 2.32. The first-order chi connectivity index (χ1) is 16.1. The Morgan fingerprint density at radius 3 is 2.35 bits per heavy atom. The number of alkyl halides is 3. The Hall–Kier alpha value is -3.23. The maximum atomic E-state index is 14.0. The predicted octanol–water partition coefficient (Wildman–Crippen LogP) is 6.30. The lowest BCUT2D eigenvalue weighted by Gasteiger charge is -2.29. The number of rotatable bonds is 8. The van der Waals surface area contributed by atoms with Gasteiger partial charge >= 0.3 is 6.18 Å². The third kappa shape index (κ3) is 7.40. The van der Waals surface area contributed by atoms with E-state index < -0.39 is 29.5 Å². The zero-order valence-corrected chi connectivity index (χ0v) is 20.3. The number of benzene rings is 1. The van der Waals surface area contributed by atoms with Crippen LogP contribution < -0.4 is 4.74 Å². The molecule has 0 saturated carbocycles. The number of aromatic nitrogens is 1. The van der Waals surface area contributed by atoms with E-state index in [9.17, 15) is 22.4 Å². The Balaban J connectivity index is 0.00000281. The molecule has 0 aliphatic rings. The van der Waals surface area contributed by atoms with Gasteiger partial charge in [-0.2, -0.15) is 13.2 Å². The third-order valence-electron chi connectivity index (χ3n) is 4.78. The van der Waals surface area contributed by atoms with Crippen molar-refractivity contribution in [1.29, 1.82) is 0 Å². The molecular formula is C25H31F4N3O2. The van der Waals surface area contributed by atoms with Crippen molar-refractivity contribution in [2.75, 3.05) is 20.2 Å². The molecule has 0 bridgehead atoms. The number of likely N-dealkylation sites (N-methyl/N-ethyl adjacent to an activating group) is 1. The number of aliphatic imine (C=N–C) groups is 1. The topological polar surface area (TPSA) is 54.8 Å². The average Bonchev–Trinajstić information content (AvgIpc) is 2.82. The van der Waals surface area contributed by atoms with Gasteiger partial charge in [-0.1, -0.05) is 38.1 Å². The summed E-state index contributed by atoms with van der Waals surface area (Å²) in [4.78, 5) is 22.3. The molecule has 5 nitrogen and oxygen atoms in total. The summed E-state index contributed by atoms with van der Waals surface area (Å²) in [7, 11) is 1.64. The summed E-state index contributed by atoms with van der Waals surface area (Å²) >= 11 is 0. The van der Waals surface area contributed by atoms with E-state index in [2.05, 4.69) is 9.98 Å². The summed E-state index contributed by atoms with van der Waals surface area (Å²) < 4.78 is 57.3. The fraction of sp³-hybridized carbons (Fsp3) is 0.400. The van der Waals surface area contributed by atoms with Crippen LogP contribution in [0.5, 0.6) is 5.88 Å². The highest BCUT2D eigenvalue weighted by Crippen LogP contribution is 2.30. The first-order valence-electron chi connectivity index (χ1n) is 11.0. The number of allylic oxidation sites excluding steroid dienone is 2. The molecule has 1 unspecified atom stereocenters. The van der Waals surface area contributed by atoms with Crippen LogP contribution in [0, 0.1) is 5.82 Å². The molecule has 34 heavy (non-hydrogen) atoms. The summed E-state index contributed by atoms with van der Waals surface area (Å²) in [5, 5.41) is 0. The van der Waals surface area contributed by atoms with Crippen LogP contribution in [-0.2, 0) is 6.18 Å². The van der Waals surface area contributed by atoms with Gasteiger partial charge in [0.05, 0.1) is 11.6 Å². The van der Waals surface area contributed by atoms with Crippen molar-refractivity contribution < 1.29 is 27.1 Å². The molecule has 0 N–H and O–H groups in total. The van der Waals surface area contributed by atoms with Crippen molar-refractivity contribution in [2.45, 2.75) is 46.8 Å². The number of hydrogen-bond acceptors (Lipinski definition) is 4. The first-order valence-corrected chi connectivity index (χ1v) is 11.0. The van der Waals surface area contributed by atoms with Gasteiger partial charge < -0.3 is 9.64 Å². The Morgan fingerprint density at radius 1 is 1.24 bits per heavy atom. The second-order valence-corrected chi connectivity index (χ2v) is 6.94. The van der Waals surface area contributed by atoms with Crippen molar-refractivity contribution in [3.05, 3.63) is 65.1 Å². The van der Waals surface area contributed by atoms with E-state index in [4.69, 9.17) is 4.74 Å². The summed E-state index contributed by atoms with van der Waals surface area (Å²) in [5.74, 6) is -2.03. The minimum Gasteiger partial charge on any atom is -0.473 e. The van der Waals surface area contributed by atoms with E-state index in [1.165, 1.54) is 4.90 Å². The molecule has 186 valence electrons. The molecule has 1 aromatic carbocycles. The number of halogens is 4. The standard InChI is InChI=1S/C23H25F4N3O2.C2H6/c1-5-16(12-28-4)18-9-7-8-10-19(18)22(31)30(6-2)15(3)14-32-21-20(24)11-17(13-29-21)23(25,26)27;1-2/h5,7-13,15H,6,14H2,1-4H3;1-2H3/b16-5+,28-12?;. The number of ether oxygens (including phenoxy) is 1. The van der Waals surface area contributed by atoms with Gasteiger partial charge in [-0.15, -0.1) is 0 Å². The highest BCUT2D eigenvalue weighted by molar-refractivity contribution is 6.14. The molecular weight excluding hydrogens is 450 g/mol. The normalized spacial score (nSPS) is 12.7. The Bertz CT molecular complexity index is 1000. The molecule has 0 aliphatic heterocycles. The van der Waals surface area contributed by atoms with Gasteiger partial charge in [-0.05, 0) is 44.0 Å². The predicted molar refractivity (Wildman–Crippen MR) is 127 cm³/mol. The van der Waals surface area contributed by atoms with Crippen LogP contribution in [0.3, 0.4) is 0 Å². The van der Waals surface area contributed by atoms with Gasteiger partial charge in [0.15, 0.2) is 5.82 Å². The third-order valence-corrected chi connectivity index (χ3v) is 4.78. The smallest absolute Gasteiger partial charge is 0.417 e. The number of amides is 1. The second-order valence-electron chi connectivity index (χ2n) is 6.94. The van der Waals surface area contributed by atoms with Crippen molar-refractivity contribution >= 4 is 17.7 Å². The second kappa shape index (κ2) is 13.5. The zero-order valence-electron chi connectivity index (χ0n) is 20.3. The summed E-state index contributed by atoms with van der Waals surface area (Å²) in [6.45, 7) is 9.53. The van der Waals surface area contributed by atoms with E-state index in [0.717, 1.165) is 5.57 Å². The van der Waals surface area contributed by atoms with Crippen molar-refractivity contribution in [2.24, 2.45) is 4.99 Å². The van der Waals surface area contributed by atoms with Crippen LogP contribution in [0.4, 0.5) is 17.6 Å². The minimum atomic E-state index is -4.70. The van der Waals surface area contributed by atoms with E-state index in [1.54, 1.807) is 39.2 Å². The Kier molecular flexibility index (Phi) is 11.4. The van der Waals surface area contributed by atoms with Crippen LogP contribution >= 0.6 is 0 Å². The molecule has 9 heteroatoms. The monoisotopic (exact) mass is 481 g/mol. The van der Waals surface area contributed by atoms with Gasteiger partial charge in [0.2, 0.25) is 5.88 Å². The molecule has 1 heterocycles. The van der Waals surface area contributed by atoms with Crippen molar-refractivity contribution in [3.8, 4) is 5.88 Å². The fourth-order valence-electron chi connectivity index (χ4n) is 3.15. The van der Waals surface area contributed by atoms with Crippen molar-refractivity contribution in [3.63, 3.8) is 0 Å². The zero-order chi connectivity index (χ0) is 25.9. The fourth-order valence-corrected chi connectivity index (χ4v) is 3.15. The lowest BCUT2D eigenvalue weighted by molar-refractivity contribution is -0.138. The molecule has 0 radical (unpaired) electrons. The summed E-state index contributed by atoms with van der Waals surface area (Å²) in [5.41, 5.74) is 0.765. The van der Waals surface area contributed by atoms with Crippen LogP contribution in [0.25, 0.3) is 5.57 Å². The largest absolute Gasteiger partial charge is 0.473 e. The Labute approximate surface area is 198 Å².